The molecule has 2 N–H and O–H groups in total. The molecule has 0 aromatic heterocycles. The number of carbonyl (C=O) groups is 3. The number of carboxylic acid groups (broad SMARTS) is 1. The maximum atomic E-state index is 13.9. The Balaban J connectivity index is 1.55. The molecule has 1 aliphatic heterocycles. The van der Waals surface area contributed by atoms with Crippen LogP contribution >= 0.6 is 0 Å². The summed E-state index contributed by atoms with van der Waals surface area (Å²) in [6.07, 6.45) is 0.732. The minimum Gasteiger partial charge on any atom is -0.494 e. The second kappa shape index (κ2) is 13.4. The van der Waals surface area contributed by atoms with Gasteiger partial charge in [0.25, 0.3) is 0 Å². The molecule has 0 radical (unpaired) electrons. The summed E-state index contributed by atoms with van der Waals surface area (Å²) in [6.45, 7) is 10.2. The van der Waals surface area contributed by atoms with Crippen molar-refractivity contribution in [3.8, 4) is 16.9 Å². The highest BCUT2D eigenvalue weighted by Gasteiger charge is 2.50. The van der Waals surface area contributed by atoms with Crippen molar-refractivity contribution in [1.29, 1.82) is 0 Å². The van der Waals surface area contributed by atoms with Gasteiger partial charge in [-0.25, -0.2) is 4.79 Å². The first kappa shape index (κ1) is 31.8. The minimum absolute atomic E-state index is 0.0843. The van der Waals surface area contributed by atoms with Crippen molar-refractivity contribution in [2.45, 2.75) is 65.5 Å². The van der Waals surface area contributed by atoms with E-state index >= 15 is 0 Å². The third-order valence-corrected chi connectivity index (χ3v) is 7.65. The van der Waals surface area contributed by atoms with Crippen molar-refractivity contribution in [2.24, 2.45) is 5.92 Å². The van der Waals surface area contributed by atoms with Crippen LogP contribution in [0.25, 0.3) is 11.1 Å². The molecule has 1 heterocycles. The van der Waals surface area contributed by atoms with Gasteiger partial charge in [-0.15, -0.1) is 4.48 Å². The molecule has 2 unspecified atom stereocenters. The number of hydrogen-bond acceptors (Lipinski definition) is 5. The van der Waals surface area contributed by atoms with E-state index in [1.807, 2.05) is 60.7 Å². The fourth-order valence-corrected chi connectivity index (χ4v) is 5.17. The number of rotatable bonds is 9. The van der Waals surface area contributed by atoms with Crippen molar-refractivity contribution in [2.75, 3.05) is 19.7 Å². The molecule has 1 aliphatic rings. The van der Waals surface area contributed by atoms with Crippen LogP contribution in [0.15, 0.2) is 72.8 Å². The van der Waals surface area contributed by atoms with Crippen LogP contribution in [0.3, 0.4) is 0 Å². The van der Waals surface area contributed by atoms with Crippen LogP contribution < -0.4 is 10.1 Å². The molecule has 0 spiro atoms. The Labute approximate surface area is 254 Å². The second-order valence-electron chi connectivity index (χ2n) is 12.6. The highest BCUT2D eigenvalue weighted by atomic mass is 16.6. The first-order valence-corrected chi connectivity index (χ1v) is 14.9. The van der Waals surface area contributed by atoms with Gasteiger partial charge in [-0.3, -0.25) is 4.79 Å². The van der Waals surface area contributed by atoms with Crippen molar-refractivity contribution < 1.29 is 33.4 Å². The van der Waals surface area contributed by atoms with Gasteiger partial charge in [-0.05, 0) is 67.5 Å². The minimum atomic E-state index is -1.07. The van der Waals surface area contributed by atoms with Crippen LogP contribution in [0, 0.1) is 5.92 Å². The first-order chi connectivity index (χ1) is 20.4. The number of urea groups is 1. The lowest BCUT2D eigenvalue weighted by molar-refractivity contribution is -0.795. The van der Waals surface area contributed by atoms with Crippen LogP contribution in [0.5, 0.6) is 5.75 Å². The van der Waals surface area contributed by atoms with Gasteiger partial charge in [0.1, 0.15) is 24.4 Å². The van der Waals surface area contributed by atoms with Gasteiger partial charge in [0.2, 0.25) is 0 Å². The first-order valence-electron chi connectivity index (χ1n) is 14.9. The molecular formula is C35H43N2O6+. The Bertz CT molecular complexity index is 1430. The smallest absolute Gasteiger partial charge is 0.494 e. The van der Waals surface area contributed by atoms with Crippen molar-refractivity contribution in [1.82, 2.24) is 5.32 Å². The maximum Gasteiger partial charge on any atom is 0.526 e. The lowest BCUT2D eigenvalue weighted by atomic mass is 9.96. The van der Waals surface area contributed by atoms with E-state index in [1.165, 1.54) is 0 Å². The molecule has 0 saturated carbocycles. The lowest BCUT2D eigenvalue weighted by Crippen LogP contribution is -2.63. The van der Waals surface area contributed by atoms with Crippen LogP contribution in [0.1, 0.15) is 63.6 Å². The van der Waals surface area contributed by atoms with Crippen LogP contribution in [-0.4, -0.2) is 53.0 Å². The monoisotopic (exact) mass is 587 g/mol. The Morgan fingerprint density at radius 1 is 0.930 bits per heavy atom. The number of benzene rings is 3. The van der Waals surface area contributed by atoms with Crippen LogP contribution in [0.2, 0.25) is 0 Å². The molecule has 0 bridgehead atoms. The van der Waals surface area contributed by atoms with Crippen LogP contribution in [0.4, 0.5) is 9.59 Å². The number of fused-ring (bicyclic) bond motifs is 1. The number of imide groups is 1. The molecule has 3 aromatic rings. The van der Waals surface area contributed by atoms with Crippen molar-refractivity contribution in [3.63, 3.8) is 0 Å². The van der Waals surface area contributed by atoms with Crippen LogP contribution in [-0.2, 0) is 22.5 Å². The Morgan fingerprint density at radius 2 is 1.60 bits per heavy atom. The van der Waals surface area contributed by atoms with E-state index in [2.05, 4.69) is 19.2 Å². The van der Waals surface area contributed by atoms with E-state index in [4.69, 9.17) is 9.47 Å². The number of carbonyl (C=O) groups excluding carboxylic acids is 2. The second-order valence-corrected chi connectivity index (χ2v) is 12.6. The lowest BCUT2D eigenvalue weighted by Gasteiger charge is -2.37. The normalized spacial score (nSPS) is 17.1. The number of quaternary nitrogens is 1. The quantitative estimate of drug-likeness (QED) is 0.258. The third kappa shape index (κ3) is 8.02. The fourth-order valence-electron chi connectivity index (χ4n) is 5.17. The van der Waals surface area contributed by atoms with E-state index in [-0.39, 0.29) is 19.6 Å². The molecule has 8 nitrogen and oxygen atoms in total. The zero-order chi connectivity index (χ0) is 31.2. The highest BCUT2D eigenvalue weighted by molar-refractivity contribution is 5.82. The molecule has 3 aromatic carbocycles. The van der Waals surface area contributed by atoms with E-state index < -0.39 is 34.1 Å². The number of nitrogens with zero attached hydrogens (tertiary/aromatic N) is 1. The van der Waals surface area contributed by atoms with E-state index in [1.54, 1.807) is 32.9 Å². The maximum absolute atomic E-state index is 13.9. The Morgan fingerprint density at radius 3 is 2.23 bits per heavy atom. The largest absolute Gasteiger partial charge is 0.526 e. The SMILES string of the molecule is CC(C)CCOc1ccc2c(c1)C[N+](C(=O)NCC(C(=O)O)c1ccc(-c3ccccc3)cc1)(C(=O)OC(C)(C)C)CC2. The van der Waals surface area contributed by atoms with Gasteiger partial charge in [0, 0.05) is 18.5 Å². The van der Waals surface area contributed by atoms with Gasteiger partial charge in [-0.2, -0.15) is 4.79 Å². The summed E-state index contributed by atoms with van der Waals surface area (Å²) in [7, 11) is 0. The predicted molar refractivity (Wildman–Crippen MR) is 166 cm³/mol. The van der Waals surface area contributed by atoms with E-state index in [9.17, 15) is 19.5 Å². The van der Waals surface area contributed by atoms with Gasteiger partial charge < -0.3 is 19.9 Å². The molecule has 43 heavy (non-hydrogen) atoms. The molecule has 3 amide bonds. The predicted octanol–water partition coefficient (Wildman–Crippen LogP) is 7.16. The number of carboxylic acids is 1. The van der Waals surface area contributed by atoms with Gasteiger partial charge >= 0.3 is 18.1 Å². The Hall–Kier alpha value is -4.17. The summed E-state index contributed by atoms with van der Waals surface area (Å²) >= 11 is 0. The molecule has 2 atom stereocenters. The van der Waals surface area contributed by atoms with E-state index in [0.29, 0.717) is 30.3 Å². The molecule has 0 aliphatic carbocycles. The molecule has 0 fully saturated rings. The molecular weight excluding hydrogens is 544 g/mol. The number of aliphatic carboxylic acids is 1. The number of ether oxygens (including phenoxy) is 2. The average Bonchev–Trinajstić information content (AvgIpc) is 2.96. The molecule has 0 saturated heterocycles. The number of nitrogens with one attached hydrogen (secondary N) is 1. The highest BCUT2D eigenvalue weighted by Crippen LogP contribution is 2.31. The molecule has 8 heteroatoms. The molecule has 4 rings (SSSR count). The average molecular weight is 588 g/mol. The van der Waals surface area contributed by atoms with Gasteiger partial charge in [0.05, 0.1) is 12.5 Å². The fraction of sp³-hybridized carbons (Fsp3) is 0.400. The van der Waals surface area contributed by atoms with Gasteiger partial charge in [-0.1, -0.05) is 74.5 Å². The van der Waals surface area contributed by atoms with Crippen molar-refractivity contribution in [3.05, 3.63) is 89.5 Å². The zero-order valence-electron chi connectivity index (χ0n) is 25.8. The summed E-state index contributed by atoms with van der Waals surface area (Å²) in [5.41, 5.74) is 3.62. The summed E-state index contributed by atoms with van der Waals surface area (Å²) < 4.78 is 11.1. The van der Waals surface area contributed by atoms with Gasteiger partial charge in [0.15, 0.2) is 0 Å². The zero-order valence-corrected chi connectivity index (χ0v) is 25.8. The standard InChI is InChI=1S/C35H42N2O6/c1-24(2)18-20-42-30-16-15-27-17-19-37(23-29(27)21-30,34(41)43-35(3,4)5)33(40)36-22-31(32(38)39)28-13-11-26(12-14-28)25-9-7-6-8-10-25/h6-16,21,24,31H,17-20,22-23H2,1-5H3,(H-,36,38,39,40)/p+1. The third-order valence-electron chi connectivity index (χ3n) is 7.65. The summed E-state index contributed by atoms with van der Waals surface area (Å²) in [4.78, 5) is 39.9. The Kier molecular flexibility index (Phi) is 9.91. The summed E-state index contributed by atoms with van der Waals surface area (Å²) in [5.74, 6) is -0.864. The summed E-state index contributed by atoms with van der Waals surface area (Å²) in [6, 6.07) is 22.3. The summed E-state index contributed by atoms with van der Waals surface area (Å²) in [5, 5.41) is 12.9. The van der Waals surface area contributed by atoms with Crippen molar-refractivity contribution >= 4 is 18.1 Å². The topological polar surface area (TPSA) is 102 Å². The van der Waals surface area contributed by atoms with E-state index in [0.717, 1.165) is 28.7 Å². The molecule has 228 valence electrons. The number of amides is 3. The number of hydrogen-bond donors (Lipinski definition) is 2.